The maximum Gasteiger partial charge on any atom is 0.134 e. The number of rotatable bonds is 2. The second-order valence-corrected chi connectivity index (χ2v) is 3.74. The molecule has 1 aromatic heterocycles. The van der Waals surface area contributed by atoms with Crippen molar-refractivity contribution in [1.29, 1.82) is 0 Å². The first-order valence-electron chi connectivity index (χ1n) is 2.87. The highest BCUT2D eigenvalue weighted by molar-refractivity contribution is 9.10. The van der Waals surface area contributed by atoms with Gasteiger partial charge in [-0.15, -0.1) is 11.8 Å². The highest BCUT2D eigenvalue weighted by Gasteiger charge is 2.05. The Bertz CT molecular complexity index is 223. The van der Waals surface area contributed by atoms with Gasteiger partial charge in [0.05, 0.1) is 4.47 Å². The molecule has 0 fully saturated rings. The molecular weight excluding hydrogens is 214 g/mol. The third-order valence-electron chi connectivity index (χ3n) is 0.983. The topological polar surface area (TPSA) is 54.7 Å². The molecule has 0 aliphatic carbocycles. The van der Waals surface area contributed by atoms with Gasteiger partial charge in [0.1, 0.15) is 10.8 Å². The predicted octanol–water partition coefficient (Wildman–Crippen LogP) is 1.87. The second kappa shape index (κ2) is 3.30. The summed E-state index contributed by atoms with van der Waals surface area (Å²) < 4.78 is 0.874. The zero-order chi connectivity index (χ0) is 7.56. The van der Waals surface area contributed by atoms with Crippen LogP contribution in [0.25, 0.3) is 0 Å². The number of hydrogen-bond acceptors (Lipinski definition) is 3. The van der Waals surface area contributed by atoms with E-state index in [1.807, 2.05) is 0 Å². The summed E-state index contributed by atoms with van der Waals surface area (Å²) >= 11 is 4.97. The quantitative estimate of drug-likeness (QED) is 0.751. The van der Waals surface area contributed by atoms with Crippen molar-refractivity contribution in [2.45, 2.75) is 11.9 Å². The molecule has 10 heavy (non-hydrogen) atoms. The van der Waals surface area contributed by atoms with Crippen molar-refractivity contribution in [3.8, 4) is 0 Å². The summed E-state index contributed by atoms with van der Waals surface area (Å²) in [5.74, 6) is 1.60. The molecule has 1 aromatic rings. The molecule has 3 N–H and O–H groups in total. The van der Waals surface area contributed by atoms with E-state index in [0.717, 1.165) is 15.3 Å². The molecule has 0 radical (unpaired) electrons. The van der Waals surface area contributed by atoms with Gasteiger partial charge in [0, 0.05) is 0 Å². The summed E-state index contributed by atoms with van der Waals surface area (Å²) in [6.07, 6.45) is 0. The van der Waals surface area contributed by atoms with E-state index in [-0.39, 0.29) is 0 Å². The Morgan fingerprint density at radius 3 is 2.90 bits per heavy atom. The molecule has 1 heterocycles. The minimum atomic E-state index is 0.593. The monoisotopic (exact) mass is 221 g/mol. The van der Waals surface area contributed by atoms with Gasteiger partial charge in [0.15, 0.2) is 0 Å². The van der Waals surface area contributed by atoms with Crippen LogP contribution in [0.2, 0.25) is 0 Å². The van der Waals surface area contributed by atoms with Gasteiger partial charge in [-0.25, -0.2) is 0 Å². The molecule has 0 spiro atoms. The Balaban J connectivity index is 2.83. The third kappa shape index (κ3) is 1.46. The third-order valence-corrected chi connectivity index (χ3v) is 2.91. The Hall–Kier alpha value is -0.160. The van der Waals surface area contributed by atoms with Crippen LogP contribution in [0.4, 0.5) is 5.82 Å². The Labute approximate surface area is 71.9 Å². The fraction of sp³-hybridized carbons (Fsp3) is 0.400. The van der Waals surface area contributed by atoms with Crippen molar-refractivity contribution in [1.82, 2.24) is 10.2 Å². The van der Waals surface area contributed by atoms with Gasteiger partial charge in [-0.2, -0.15) is 5.10 Å². The van der Waals surface area contributed by atoms with Crippen molar-refractivity contribution in [2.75, 3.05) is 11.5 Å². The summed E-state index contributed by atoms with van der Waals surface area (Å²) in [4.78, 5) is 0. The van der Waals surface area contributed by atoms with Crippen LogP contribution in [0.3, 0.4) is 0 Å². The zero-order valence-electron chi connectivity index (χ0n) is 5.52. The smallest absolute Gasteiger partial charge is 0.134 e. The maximum atomic E-state index is 5.49. The minimum Gasteiger partial charge on any atom is -0.383 e. The highest BCUT2D eigenvalue weighted by Crippen LogP contribution is 2.28. The van der Waals surface area contributed by atoms with Crippen molar-refractivity contribution < 1.29 is 0 Å². The first-order chi connectivity index (χ1) is 4.75. The van der Waals surface area contributed by atoms with Crippen molar-refractivity contribution >= 4 is 33.5 Å². The van der Waals surface area contributed by atoms with Crippen LogP contribution in [0, 0.1) is 0 Å². The molecule has 0 saturated heterocycles. The summed E-state index contributed by atoms with van der Waals surface area (Å²) in [5.41, 5.74) is 5.49. The number of nitrogens with one attached hydrogen (secondary N) is 1. The normalized spacial score (nSPS) is 10.2. The highest BCUT2D eigenvalue weighted by atomic mass is 79.9. The number of thioether (sulfide) groups is 1. The largest absolute Gasteiger partial charge is 0.383 e. The van der Waals surface area contributed by atoms with E-state index in [1.165, 1.54) is 0 Å². The SMILES string of the molecule is CCSc1n[nH]c(N)c1Br. The number of aromatic amines is 1. The molecule has 0 atom stereocenters. The van der Waals surface area contributed by atoms with Crippen LogP contribution in [-0.2, 0) is 0 Å². The lowest BCUT2D eigenvalue weighted by atomic mass is 10.7. The molecule has 0 aliphatic heterocycles. The molecule has 0 saturated carbocycles. The molecule has 0 unspecified atom stereocenters. The fourth-order valence-electron chi connectivity index (χ4n) is 0.557. The number of nitrogens with zero attached hydrogens (tertiary/aromatic N) is 1. The Morgan fingerprint density at radius 2 is 2.50 bits per heavy atom. The molecular formula is C5H8BrN3S. The molecule has 56 valence electrons. The number of anilines is 1. The van der Waals surface area contributed by atoms with Gasteiger partial charge in [-0.1, -0.05) is 6.92 Å². The zero-order valence-corrected chi connectivity index (χ0v) is 7.92. The minimum absolute atomic E-state index is 0.593. The summed E-state index contributed by atoms with van der Waals surface area (Å²) in [7, 11) is 0. The van der Waals surface area contributed by atoms with Crippen LogP contribution in [0.15, 0.2) is 9.50 Å². The van der Waals surface area contributed by atoms with Gasteiger partial charge in [0.2, 0.25) is 0 Å². The number of hydrogen-bond donors (Lipinski definition) is 2. The number of nitrogen functional groups attached to an aromatic ring is 1. The lowest BCUT2D eigenvalue weighted by Crippen LogP contribution is -1.83. The average Bonchev–Trinajstić information content (AvgIpc) is 2.20. The van der Waals surface area contributed by atoms with Gasteiger partial charge in [-0.3, -0.25) is 5.10 Å². The first-order valence-corrected chi connectivity index (χ1v) is 4.65. The molecule has 0 amide bonds. The molecule has 0 bridgehead atoms. The number of H-pyrrole nitrogens is 1. The summed E-state index contributed by atoms with van der Waals surface area (Å²) in [5, 5.41) is 7.58. The predicted molar refractivity (Wildman–Crippen MR) is 47.1 cm³/mol. The Kier molecular flexibility index (Phi) is 2.62. The van der Waals surface area contributed by atoms with Crippen LogP contribution < -0.4 is 5.73 Å². The van der Waals surface area contributed by atoms with Crippen LogP contribution >= 0.6 is 27.7 Å². The summed E-state index contributed by atoms with van der Waals surface area (Å²) in [6, 6.07) is 0. The lowest BCUT2D eigenvalue weighted by Gasteiger charge is -1.90. The maximum absolute atomic E-state index is 5.49. The fourth-order valence-corrected chi connectivity index (χ4v) is 1.70. The van der Waals surface area contributed by atoms with Crippen molar-refractivity contribution in [3.63, 3.8) is 0 Å². The Morgan fingerprint density at radius 1 is 1.80 bits per heavy atom. The van der Waals surface area contributed by atoms with E-state index in [1.54, 1.807) is 11.8 Å². The number of halogens is 1. The van der Waals surface area contributed by atoms with Gasteiger partial charge in [0.25, 0.3) is 0 Å². The average molecular weight is 222 g/mol. The van der Waals surface area contributed by atoms with Gasteiger partial charge in [-0.05, 0) is 21.7 Å². The van der Waals surface area contributed by atoms with E-state index in [2.05, 4.69) is 33.1 Å². The van der Waals surface area contributed by atoms with Gasteiger partial charge >= 0.3 is 0 Å². The number of aromatic nitrogens is 2. The molecule has 0 aliphatic rings. The van der Waals surface area contributed by atoms with Crippen LogP contribution in [-0.4, -0.2) is 16.0 Å². The second-order valence-electron chi connectivity index (χ2n) is 1.69. The molecule has 3 nitrogen and oxygen atoms in total. The standard InChI is InChI=1S/C5H8BrN3S/c1-2-10-5-3(6)4(7)8-9-5/h2H2,1H3,(H3,7,8,9). The summed E-state index contributed by atoms with van der Waals surface area (Å²) in [6.45, 7) is 2.07. The van der Waals surface area contributed by atoms with Crippen LogP contribution in [0.5, 0.6) is 0 Å². The molecule has 1 rings (SSSR count). The molecule has 0 aromatic carbocycles. The van der Waals surface area contributed by atoms with E-state index < -0.39 is 0 Å². The van der Waals surface area contributed by atoms with E-state index in [9.17, 15) is 0 Å². The van der Waals surface area contributed by atoms with Crippen LogP contribution in [0.1, 0.15) is 6.92 Å². The molecule has 5 heteroatoms. The van der Waals surface area contributed by atoms with Gasteiger partial charge < -0.3 is 5.73 Å². The van der Waals surface area contributed by atoms with Crippen molar-refractivity contribution in [2.24, 2.45) is 0 Å². The number of nitrogens with two attached hydrogens (primary N) is 1. The van der Waals surface area contributed by atoms with E-state index >= 15 is 0 Å². The lowest BCUT2D eigenvalue weighted by molar-refractivity contribution is 1.00. The first kappa shape index (κ1) is 7.94. The van der Waals surface area contributed by atoms with E-state index in [0.29, 0.717) is 5.82 Å². The van der Waals surface area contributed by atoms with E-state index in [4.69, 9.17) is 5.73 Å². The van der Waals surface area contributed by atoms with Crippen molar-refractivity contribution in [3.05, 3.63) is 4.47 Å².